The van der Waals surface area contributed by atoms with Gasteiger partial charge < -0.3 is 19.2 Å². The van der Waals surface area contributed by atoms with Crippen LogP contribution in [0.25, 0.3) is 0 Å². The summed E-state index contributed by atoms with van der Waals surface area (Å²) in [5, 5.41) is 9.73. The van der Waals surface area contributed by atoms with Gasteiger partial charge in [0.25, 0.3) is 5.91 Å². The predicted molar refractivity (Wildman–Crippen MR) is 94.1 cm³/mol. The third kappa shape index (κ3) is 4.11. The van der Waals surface area contributed by atoms with Gasteiger partial charge in [-0.05, 0) is 30.2 Å². The smallest absolute Gasteiger partial charge is 0.325 e. The van der Waals surface area contributed by atoms with Crippen molar-refractivity contribution >= 4 is 11.9 Å². The summed E-state index contributed by atoms with van der Waals surface area (Å²) in [5.74, 6) is -1.74. The number of nitrogens with zero attached hydrogens (tertiary/aromatic N) is 2. The molecule has 2 heterocycles. The number of amides is 1. The molecule has 0 spiro atoms. The SMILES string of the molecule is COc1ccc(C(C(=O)O)N2CCCN(C(=O)c3ccoc3)CC2)cc1F. The lowest BCUT2D eigenvalue weighted by atomic mass is 10.0. The molecule has 1 unspecified atom stereocenters. The van der Waals surface area contributed by atoms with Gasteiger partial charge in [-0.3, -0.25) is 14.5 Å². The van der Waals surface area contributed by atoms with Crippen LogP contribution in [0, 0.1) is 5.82 Å². The molecule has 2 aromatic rings. The zero-order valence-electron chi connectivity index (χ0n) is 14.9. The molecule has 1 aliphatic heterocycles. The minimum Gasteiger partial charge on any atom is -0.494 e. The van der Waals surface area contributed by atoms with E-state index < -0.39 is 17.8 Å². The number of benzene rings is 1. The number of hydrogen-bond acceptors (Lipinski definition) is 5. The fourth-order valence-electron chi connectivity index (χ4n) is 3.33. The number of carbonyl (C=O) groups excluding carboxylic acids is 1. The molecule has 27 heavy (non-hydrogen) atoms. The van der Waals surface area contributed by atoms with Crippen molar-refractivity contribution in [3.05, 3.63) is 53.7 Å². The highest BCUT2D eigenvalue weighted by atomic mass is 19.1. The van der Waals surface area contributed by atoms with E-state index in [-0.39, 0.29) is 11.7 Å². The highest BCUT2D eigenvalue weighted by molar-refractivity contribution is 5.93. The molecule has 1 fully saturated rings. The highest BCUT2D eigenvalue weighted by Crippen LogP contribution is 2.27. The number of carbonyl (C=O) groups is 2. The fourth-order valence-corrected chi connectivity index (χ4v) is 3.33. The average Bonchev–Trinajstić information content (AvgIpc) is 3.08. The molecule has 3 rings (SSSR count). The average molecular weight is 376 g/mol. The Bertz CT molecular complexity index is 808. The summed E-state index contributed by atoms with van der Waals surface area (Å²) in [6, 6.07) is 4.78. The van der Waals surface area contributed by atoms with Gasteiger partial charge in [-0.2, -0.15) is 0 Å². The van der Waals surface area contributed by atoms with Gasteiger partial charge in [0.1, 0.15) is 12.3 Å². The van der Waals surface area contributed by atoms with E-state index in [9.17, 15) is 19.1 Å². The maximum absolute atomic E-state index is 14.0. The Morgan fingerprint density at radius 1 is 1.22 bits per heavy atom. The molecule has 0 bridgehead atoms. The zero-order chi connectivity index (χ0) is 19.4. The van der Waals surface area contributed by atoms with Crippen molar-refractivity contribution in [1.82, 2.24) is 9.80 Å². The molecule has 8 heteroatoms. The van der Waals surface area contributed by atoms with E-state index in [1.165, 1.54) is 31.8 Å². The molecule has 144 valence electrons. The largest absolute Gasteiger partial charge is 0.494 e. The van der Waals surface area contributed by atoms with Crippen molar-refractivity contribution in [2.45, 2.75) is 12.5 Å². The first-order valence-corrected chi connectivity index (χ1v) is 8.63. The molecule has 1 saturated heterocycles. The molecule has 1 N–H and O–H groups in total. The van der Waals surface area contributed by atoms with Crippen LogP contribution in [-0.4, -0.2) is 60.1 Å². The molecule has 1 aromatic carbocycles. The second kappa shape index (κ2) is 8.22. The Morgan fingerprint density at radius 3 is 2.67 bits per heavy atom. The minimum absolute atomic E-state index is 0.0654. The van der Waals surface area contributed by atoms with Gasteiger partial charge in [0.2, 0.25) is 0 Å². The molecule has 0 radical (unpaired) electrons. The van der Waals surface area contributed by atoms with Crippen LogP contribution in [0.3, 0.4) is 0 Å². The van der Waals surface area contributed by atoms with Crippen molar-refractivity contribution in [1.29, 1.82) is 0 Å². The van der Waals surface area contributed by atoms with Crippen molar-refractivity contribution in [3.8, 4) is 5.75 Å². The first-order valence-electron chi connectivity index (χ1n) is 8.63. The Labute approximate surface area is 155 Å². The summed E-state index contributed by atoms with van der Waals surface area (Å²) in [7, 11) is 1.35. The predicted octanol–water partition coefficient (Wildman–Crippen LogP) is 2.40. The number of aliphatic carboxylic acids is 1. The van der Waals surface area contributed by atoms with Gasteiger partial charge in [0, 0.05) is 26.2 Å². The van der Waals surface area contributed by atoms with Gasteiger partial charge in [-0.25, -0.2) is 4.39 Å². The standard InChI is InChI=1S/C19H21FN2O5/c1-26-16-4-3-13(11-15(16)20)17(19(24)25)21-6-2-7-22(9-8-21)18(23)14-5-10-27-12-14/h3-5,10-12,17H,2,6-9H2,1H3,(H,24,25). The Hall–Kier alpha value is -2.87. The van der Waals surface area contributed by atoms with Crippen LogP contribution in [-0.2, 0) is 4.79 Å². The van der Waals surface area contributed by atoms with Gasteiger partial charge in [-0.1, -0.05) is 6.07 Å². The topological polar surface area (TPSA) is 83.2 Å². The molecule has 1 amide bonds. The number of ether oxygens (including phenoxy) is 1. The fraction of sp³-hybridized carbons (Fsp3) is 0.368. The van der Waals surface area contributed by atoms with Crippen molar-refractivity contribution in [2.75, 3.05) is 33.3 Å². The van der Waals surface area contributed by atoms with E-state index in [0.29, 0.717) is 43.7 Å². The lowest BCUT2D eigenvalue weighted by molar-refractivity contribution is -0.143. The maximum Gasteiger partial charge on any atom is 0.325 e. The minimum atomic E-state index is -1.06. The number of hydrogen-bond donors (Lipinski definition) is 1. The summed E-state index contributed by atoms with van der Waals surface area (Å²) in [6.07, 6.45) is 3.45. The van der Waals surface area contributed by atoms with E-state index in [2.05, 4.69) is 0 Å². The second-order valence-corrected chi connectivity index (χ2v) is 6.33. The Morgan fingerprint density at radius 2 is 2.04 bits per heavy atom. The number of halogens is 1. The molecular weight excluding hydrogens is 355 g/mol. The van der Waals surface area contributed by atoms with E-state index in [1.54, 1.807) is 21.9 Å². The maximum atomic E-state index is 14.0. The summed E-state index contributed by atoms with van der Waals surface area (Å²) < 4.78 is 23.9. The van der Waals surface area contributed by atoms with Crippen LogP contribution in [0.5, 0.6) is 5.75 Å². The molecule has 0 aliphatic carbocycles. The quantitative estimate of drug-likeness (QED) is 0.863. The number of rotatable bonds is 5. The van der Waals surface area contributed by atoms with Crippen LogP contribution < -0.4 is 4.74 Å². The summed E-state index contributed by atoms with van der Waals surface area (Å²) in [6.45, 7) is 1.75. The lowest BCUT2D eigenvalue weighted by Crippen LogP contribution is -2.38. The van der Waals surface area contributed by atoms with Gasteiger partial charge in [-0.15, -0.1) is 0 Å². The van der Waals surface area contributed by atoms with E-state index in [0.717, 1.165) is 0 Å². The summed E-state index contributed by atoms with van der Waals surface area (Å²) >= 11 is 0. The van der Waals surface area contributed by atoms with Gasteiger partial charge in [0.05, 0.1) is 18.9 Å². The summed E-state index contributed by atoms with van der Waals surface area (Å²) in [4.78, 5) is 27.8. The number of furan rings is 1. The Balaban J connectivity index is 1.76. The van der Waals surface area contributed by atoms with Crippen molar-refractivity contribution in [3.63, 3.8) is 0 Å². The van der Waals surface area contributed by atoms with E-state index in [1.807, 2.05) is 0 Å². The Kier molecular flexibility index (Phi) is 5.75. The monoisotopic (exact) mass is 376 g/mol. The van der Waals surface area contributed by atoms with Gasteiger partial charge >= 0.3 is 5.97 Å². The molecule has 1 atom stereocenters. The van der Waals surface area contributed by atoms with E-state index in [4.69, 9.17) is 9.15 Å². The molecular formula is C19H21FN2O5. The van der Waals surface area contributed by atoms with Crippen LogP contribution >= 0.6 is 0 Å². The second-order valence-electron chi connectivity index (χ2n) is 6.33. The van der Waals surface area contributed by atoms with Crippen molar-refractivity contribution < 1.29 is 28.2 Å². The normalized spacial score (nSPS) is 16.6. The highest BCUT2D eigenvalue weighted by Gasteiger charge is 2.31. The number of carboxylic acids is 1. The third-order valence-corrected chi connectivity index (χ3v) is 4.68. The van der Waals surface area contributed by atoms with Crippen LogP contribution in [0.15, 0.2) is 41.2 Å². The van der Waals surface area contributed by atoms with Crippen LogP contribution in [0.4, 0.5) is 4.39 Å². The lowest BCUT2D eigenvalue weighted by Gasteiger charge is -2.28. The number of methoxy groups -OCH3 is 1. The molecule has 1 aromatic heterocycles. The van der Waals surface area contributed by atoms with Crippen molar-refractivity contribution in [2.24, 2.45) is 0 Å². The van der Waals surface area contributed by atoms with Crippen LogP contribution in [0.2, 0.25) is 0 Å². The van der Waals surface area contributed by atoms with Crippen LogP contribution in [0.1, 0.15) is 28.4 Å². The van der Waals surface area contributed by atoms with Gasteiger partial charge in [0.15, 0.2) is 11.6 Å². The zero-order valence-corrected chi connectivity index (χ0v) is 14.9. The third-order valence-electron chi connectivity index (χ3n) is 4.68. The number of carboxylic acid groups (broad SMARTS) is 1. The molecule has 0 saturated carbocycles. The summed E-state index contributed by atoms with van der Waals surface area (Å²) in [5.41, 5.74) is 0.811. The van der Waals surface area contributed by atoms with E-state index >= 15 is 0 Å². The molecule has 1 aliphatic rings. The molecule has 7 nitrogen and oxygen atoms in total. The first kappa shape index (κ1) is 18.9. The first-order chi connectivity index (χ1) is 13.0.